The average molecular weight is 470 g/mol. The molecule has 0 bridgehead atoms. The van der Waals surface area contributed by atoms with Crippen molar-refractivity contribution in [2.45, 2.75) is 20.3 Å². The molecule has 3 aromatic rings. The smallest absolute Gasteiger partial charge is 0.341 e. The summed E-state index contributed by atoms with van der Waals surface area (Å²) in [5.74, 6) is 0.835. The maximum atomic E-state index is 12.8. The highest BCUT2D eigenvalue weighted by atomic mass is 32.1. The fraction of sp³-hybridized carbons (Fsp3) is 0.280. The van der Waals surface area contributed by atoms with Crippen molar-refractivity contribution in [1.29, 1.82) is 0 Å². The summed E-state index contributed by atoms with van der Waals surface area (Å²) in [5, 5.41) is 4.99. The highest BCUT2D eigenvalue weighted by Gasteiger charge is 2.23. The van der Waals surface area contributed by atoms with Crippen LogP contribution in [0, 0.1) is 0 Å². The number of benzene rings is 2. The Labute approximate surface area is 197 Å². The first-order chi connectivity index (χ1) is 16.0. The summed E-state index contributed by atoms with van der Waals surface area (Å²) >= 11 is 1.24. The van der Waals surface area contributed by atoms with E-state index in [0.29, 0.717) is 27.8 Å². The highest BCUT2D eigenvalue weighted by molar-refractivity contribution is 7.15. The first kappa shape index (κ1) is 24.1. The molecule has 1 N–H and O–H groups in total. The molecular formula is C25H27NO6S. The van der Waals surface area contributed by atoms with Crippen LogP contribution in [-0.4, -0.2) is 39.3 Å². The number of methoxy groups -OCH3 is 2. The summed E-state index contributed by atoms with van der Waals surface area (Å²) in [4.78, 5) is 25.4. The normalized spacial score (nSPS) is 10.4. The van der Waals surface area contributed by atoms with Crippen molar-refractivity contribution in [3.05, 3.63) is 59.0 Å². The molecule has 2 aromatic carbocycles. The standard InChI is InChI=1S/C25H27NO6S/c1-5-16-8-7-9-18(12-16)32-14-22(27)26-24-23(25(28)31-6-2)19(15-33-24)17-10-11-20(29-3)21(13-17)30-4/h7-13,15H,5-6,14H2,1-4H3,(H,26,27). The van der Waals surface area contributed by atoms with E-state index in [0.717, 1.165) is 17.5 Å². The minimum absolute atomic E-state index is 0.182. The highest BCUT2D eigenvalue weighted by Crippen LogP contribution is 2.39. The van der Waals surface area contributed by atoms with E-state index in [1.54, 1.807) is 44.7 Å². The third-order valence-electron chi connectivity index (χ3n) is 4.89. The SMILES string of the molecule is CCOC(=O)c1c(-c2ccc(OC)c(OC)c2)csc1NC(=O)COc1cccc(CC)c1. The predicted molar refractivity (Wildman–Crippen MR) is 129 cm³/mol. The van der Waals surface area contributed by atoms with Crippen LogP contribution in [0.25, 0.3) is 11.1 Å². The van der Waals surface area contributed by atoms with Crippen LogP contribution in [0.2, 0.25) is 0 Å². The van der Waals surface area contributed by atoms with Crippen LogP contribution in [-0.2, 0) is 16.0 Å². The van der Waals surface area contributed by atoms with Gasteiger partial charge in [-0.15, -0.1) is 11.3 Å². The Balaban J connectivity index is 1.84. The zero-order valence-electron chi connectivity index (χ0n) is 19.1. The van der Waals surface area contributed by atoms with Gasteiger partial charge in [-0.1, -0.05) is 25.1 Å². The van der Waals surface area contributed by atoms with Crippen molar-refractivity contribution >= 4 is 28.2 Å². The first-order valence-corrected chi connectivity index (χ1v) is 11.4. The number of nitrogens with one attached hydrogen (secondary N) is 1. The van der Waals surface area contributed by atoms with Gasteiger partial charge in [-0.05, 0) is 48.7 Å². The van der Waals surface area contributed by atoms with Crippen molar-refractivity contribution in [3.63, 3.8) is 0 Å². The van der Waals surface area contributed by atoms with Gasteiger partial charge in [0.1, 0.15) is 16.3 Å². The zero-order valence-corrected chi connectivity index (χ0v) is 19.9. The number of rotatable bonds is 10. The summed E-state index contributed by atoms with van der Waals surface area (Å²) in [6.07, 6.45) is 0.875. The fourth-order valence-corrected chi connectivity index (χ4v) is 4.21. The van der Waals surface area contributed by atoms with Gasteiger partial charge in [0, 0.05) is 10.9 Å². The molecule has 0 aliphatic carbocycles. The molecule has 0 spiro atoms. The van der Waals surface area contributed by atoms with Gasteiger partial charge < -0.3 is 24.3 Å². The number of anilines is 1. The first-order valence-electron chi connectivity index (χ1n) is 10.5. The number of carbonyl (C=O) groups is 2. The summed E-state index contributed by atoms with van der Waals surface area (Å²) in [6.45, 7) is 3.82. The molecule has 3 rings (SSSR count). The molecule has 0 atom stereocenters. The molecule has 1 amide bonds. The number of amides is 1. The van der Waals surface area contributed by atoms with E-state index in [1.165, 1.54) is 11.3 Å². The van der Waals surface area contributed by atoms with E-state index in [-0.39, 0.29) is 24.7 Å². The van der Waals surface area contributed by atoms with E-state index in [9.17, 15) is 9.59 Å². The summed E-state index contributed by atoms with van der Waals surface area (Å²) in [7, 11) is 3.10. The summed E-state index contributed by atoms with van der Waals surface area (Å²) in [6, 6.07) is 13.0. The summed E-state index contributed by atoms with van der Waals surface area (Å²) < 4.78 is 21.6. The van der Waals surface area contributed by atoms with E-state index in [2.05, 4.69) is 12.2 Å². The number of thiophene rings is 1. The number of carbonyl (C=O) groups excluding carboxylic acids is 2. The Morgan fingerprint density at radius 2 is 1.79 bits per heavy atom. The topological polar surface area (TPSA) is 83.1 Å². The number of hydrogen-bond acceptors (Lipinski definition) is 7. The maximum Gasteiger partial charge on any atom is 0.341 e. The lowest BCUT2D eigenvalue weighted by Crippen LogP contribution is -2.21. The number of aryl methyl sites for hydroxylation is 1. The van der Waals surface area contributed by atoms with Crippen molar-refractivity contribution in [2.24, 2.45) is 0 Å². The molecule has 0 aliphatic rings. The molecule has 0 radical (unpaired) electrons. The molecule has 0 saturated heterocycles. The molecule has 0 fully saturated rings. The molecular weight excluding hydrogens is 442 g/mol. The fourth-order valence-electron chi connectivity index (χ4n) is 3.24. The van der Waals surface area contributed by atoms with Gasteiger partial charge in [0.25, 0.3) is 5.91 Å². The van der Waals surface area contributed by atoms with Gasteiger partial charge >= 0.3 is 5.97 Å². The molecule has 0 saturated carbocycles. The Morgan fingerprint density at radius 1 is 1.00 bits per heavy atom. The van der Waals surface area contributed by atoms with Gasteiger partial charge in [0.05, 0.1) is 20.8 Å². The number of esters is 1. The lowest BCUT2D eigenvalue weighted by Gasteiger charge is -2.12. The quantitative estimate of drug-likeness (QED) is 0.412. The molecule has 0 aliphatic heterocycles. The van der Waals surface area contributed by atoms with Crippen molar-refractivity contribution in [3.8, 4) is 28.4 Å². The predicted octanol–water partition coefficient (Wildman–Crippen LogP) is 5.19. The van der Waals surface area contributed by atoms with Crippen LogP contribution in [0.5, 0.6) is 17.2 Å². The van der Waals surface area contributed by atoms with Gasteiger partial charge in [-0.3, -0.25) is 4.79 Å². The zero-order chi connectivity index (χ0) is 23.8. The number of ether oxygens (including phenoxy) is 4. The minimum atomic E-state index is -0.518. The van der Waals surface area contributed by atoms with E-state index in [4.69, 9.17) is 18.9 Å². The lowest BCUT2D eigenvalue weighted by atomic mass is 10.0. The van der Waals surface area contributed by atoms with Crippen LogP contribution in [0.1, 0.15) is 29.8 Å². The van der Waals surface area contributed by atoms with Crippen molar-refractivity contribution in [2.75, 3.05) is 32.8 Å². The van der Waals surface area contributed by atoms with Gasteiger partial charge in [-0.2, -0.15) is 0 Å². The van der Waals surface area contributed by atoms with E-state index >= 15 is 0 Å². The van der Waals surface area contributed by atoms with E-state index in [1.807, 2.05) is 24.3 Å². The molecule has 1 heterocycles. The second-order valence-corrected chi connectivity index (χ2v) is 7.86. The monoisotopic (exact) mass is 469 g/mol. The van der Waals surface area contributed by atoms with Crippen molar-refractivity contribution in [1.82, 2.24) is 0 Å². The van der Waals surface area contributed by atoms with Gasteiger partial charge in [0.2, 0.25) is 0 Å². The lowest BCUT2D eigenvalue weighted by molar-refractivity contribution is -0.118. The molecule has 7 nitrogen and oxygen atoms in total. The third kappa shape index (κ3) is 5.84. The van der Waals surface area contributed by atoms with Crippen LogP contribution >= 0.6 is 11.3 Å². The molecule has 8 heteroatoms. The second kappa shape index (κ2) is 11.4. The largest absolute Gasteiger partial charge is 0.493 e. The third-order valence-corrected chi connectivity index (χ3v) is 5.79. The van der Waals surface area contributed by atoms with Crippen LogP contribution in [0.4, 0.5) is 5.00 Å². The number of hydrogen-bond donors (Lipinski definition) is 1. The Bertz CT molecular complexity index is 1120. The molecule has 33 heavy (non-hydrogen) atoms. The van der Waals surface area contributed by atoms with E-state index < -0.39 is 5.97 Å². The molecule has 1 aromatic heterocycles. The minimum Gasteiger partial charge on any atom is -0.493 e. The maximum absolute atomic E-state index is 12.8. The molecule has 174 valence electrons. The van der Waals surface area contributed by atoms with Crippen LogP contribution in [0.15, 0.2) is 47.8 Å². The summed E-state index contributed by atoms with van der Waals surface area (Å²) in [5.41, 5.74) is 2.78. The molecule has 0 unspecified atom stereocenters. The van der Waals surface area contributed by atoms with Crippen molar-refractivity contribution < 1.29 is 28.5 Å². The Kier molecular flexibility index (Phi) is 8.32. The van der Waals surface area contributed by atoms with Crippen LogP contribution < -0.4 is 19.5 Å². The second-order valence-electron chi connectivity index (χ2n) is 6.98. The van der Waals surface area contributed by atoms with Gasteiger partial charge in [-0.25, -0.2) is 4.79 Å². The Morgan fingerprint density at radius 3 is 2.48 bits per heavy atom. The average Bonchev–Trinajstić information content (AvgIpc) is 3.26. The van der Waals surface area contributed by atoms with Crippen LogP contribution in [0.3, 0.4) is 0 Å². The Hall–Kier alpha value is -3.52. The van der Waals surface area contributed by atoms with Gasteiger partial charge in [0.15, 0.2) is 18.1 Å².